The molecule has 1 fully saturated rings. The Hall–Kier alpha value is -2.18. The van der Waals surface area contributed by atoms with E-state index < -0.39 is 0 Å². The molecule has 1 aliphatic rings. The van der Waals surface area contributed by atoms with Gasteiger partial charge in [-0.05, 0) is 62.9 Å². The molecule has 1 amide bonds. The molecule has 0 bridgehead atoms. The van der Waals surface area contributed by atoms with Crippen LogP contribution in [0.4, 0.5) is 5.69 Å². The third-order valence-electron chi connectivity index (χ3n) is 6.62. The fourth-order valence-corrected chi connectivity index (χ4v) is 4.59. The van der Waals surface area contributed by atoms with Gasteiger partial charge in [0.1, 0.15) is 0 Å². The smallest absolute Gasteiger partial charge is 0.276 e. The van der Waals surface area contributed by atoms with Gasteiger partial charge in [-0.25, -0.2) is 0 Å². The lowest BCUT2D eigenvalue weighted by molar-refractivity contribution is -0.101. The molecular weight excluding hydrogens is 388 g/mol. The van der Waals surface area contributed by atoms with E-state index in [0.29, 0.717) is 17.7 Å². The molecule has 0 aliphatic carbocycles. The number of amides is 1. The Morgan fingerprint density at radius 3 is 2.42 bits per heavy atom. The number of benzene rings is 1. The van der Waals surface area contributed by atoms with Crippen molar-refractivity contribution in [2.45, 2.75) is 79.1 Å². The number of nitrogens with zero attached hydrogens (tertiary/aromatic N) is 2. The second kappa shape index (κ2) is 10.4. The van der Waals surface area contributed by atoms with Crippen LogP contribution in [0.5, 0.6) is 0 Å². The summed E-state index contributed by atoms with van der Waals surface area (Å²) in [4.78, 5) is 15.2. The summed E-state index contributed by atoms with van der Waals surface area (Å²) in [6.07, 6.45) is 3.26. The van der Waals surface area contributed by atoms with Crippen molar-refractivity contribution in [1.29, 1.82) is 0 Å². The molecule has 3 atom stereocenters. The van der Waals surface area contributed by atoms with Crippen molar-refractivity contribution in [2.75, 3.05) is 18.4 Å². The number of aromatic nitrogens is 2. The molecule has 0 radical (unpaired) electrons. The number of aromatic amines is 1. The highest BCUT2D eigenvalue weighted by Crippen LogP contribution is 2.36. The molecule has 0 unspecified atom stereocenters. The number of aryl methyl sites for hydroxylation is 1. The zero-order valence-electron chi connectivity index (χ0n) is 19.9. The fraction of sp³-hybridized carbons (Fsp3) is 0.600. The number of carbonyl (C=O) groups is 1. The Labute approximate surface area is 186 Å². The Kier molecular flexibility index (Phi) is 7.89. The van der Waals surface area contributed by atoms with Gasteiger partial charge in [0.15, 0.2) is 5.69 Å². The van der Waals surface area contributed by atoms with E-state index in [1.165, 1.54) is 5.56 Å². The summed E-state index contributed by atoms with van der Waals surface area (Å²) >= 11 is 0. The van der Waals surface area contributed by atoms with Gasteiger partial charge in [-0.15, -0.1) is 0 Å². The van der Waals surface area contributed by atoms with Gasteiger partial charge >= 0.3 is 0 Å². The van der Waals surface area contributed by atoms with Gasteiger partial charge in [0.05, 0.1) is 12.2 Å². The maximum atomic E-state index is 12.6. The summed E-state index contributed by atoms with van der Waals surface area (Å²) in [5.41, 5.74) is 4.31. The average molecular weight is 427 g/mol. The molecule has 3 rings (SSSR count). The predicted molar refractivity (Wildman–Crippen MR) is 125 cm³/mol. The van der Waals surface area contributed by atoms with E-state index in [-0.39, 0.29) is 18.1 Å². The monoisotopic (exact) mass is 426 g/mol. The second-order valence-electron chi connectivity index (χ2n) is 8.86. The van der Waals surface area contributed by atoms with Crippen molar-refractivity contribution < 1.29 is 9.53 Å². The van der Waals surface area contributed by atoms with Crippen LogP contribution < -0.4 is 5.32 Å². The maximum Gasteiger partial charge on any atom is 0.276 e. The number of hydrogen-bond acceptors (Lipinski definition) is 4. The molecule has 6 heteroatoms. The molecule has 31 heavy (non-hydrogen) atoms. The van der Waals surface area contributed by atoms with Gasteiger partial charge in [0.25, 0.3) is 5.91 Å². The minimum Gasteiger partial charge on any atom is -0.370 e. The Morgan fingerprint density at radius 2 is 1.87 bits per heavy atom. The second-order valence-corrected chi connectivity index (χ2v) is 8.86. The van der Waals surface area contributed by atoms with Gasteiger partial charge in [-0.3, -0.25) is 9.89 Å². The number of carbonyl (C=O) groups excluding carboxylic acids is 1. The van der Waals surface area contributed by atoms with Crippen molar-refractivity contribution in [3.8, 4) is 0 Å². The first-order chi connectivity index (χ1) is 14.9. The van der Waals surface area contributed by atoms with Gasteiger partial charge in [0, 0.05) is 23.0 Å². The van der Waals surface area contributed by atoms with E-state index in [0.717, 1.165) is 49.3 Å². The summed E-state index contributed by atoms with van der Waals surface area (Å²) in [5, 5.41) is 10.1. The Bertz CT molecular complexity index is 855. The van der Waals surface area contributed by atoms with Crippen LogP contribution in [-0.2, 0) is 11.2 Å². The highest BCUT2D eigenvalue weighted by molar-refractivity contribution is 6.03. The van der Waals surface area contributed by atoms with Crippen molar-refractivity contribution in [2.24, 2.45) is 5.92 Å². The molecule has 1 aromatic heterocycles. The first-order valence-corrected chi connectivity index (χ1v) is 11.7. The fourth-order valence-electron chi connectivity index (χ4n) is 4.59. The van der Waals surface area contributed by atoms with Gasteiger partial charge in [0.2, 0.25) is 0 Å². The number of H-pyrrole nitrogens is 1. The predicted octanol–water partition coefficient (Wildman–Crippen LogP) is 5.12. The van der Waals surface area contributed by atoms with E-state index in [4.69, 9.17) is 4.74 Å². The maximum absolute atomic E-state index is 12.6. The lowest BCUT2D eigenvalue weighted by atomic mass is 9.89. The van der Waals surface area contributed by atoms with Crippen LogP contribution in [-0.4, -0.2) is 46.2 Å². The summed E-state index contributed by atoms with van der Waals surface area (Å²) in [6.45, 7) is 15.1. The van der Waals surface area contributed by atoms with Gasteiger partial charge < -0.3 is 15.0 Å². The molecular formula is C25H38N4O2. The zero-order chi connectivity index (χ0) is 22.5. The Balaban J connectivity index is 1.71. The van der Waals surface area contributed by atoms with Crippen molar-refractivity contribution in [3.63, 3.8) is 0 Å². The van der Waals surface area contributed by atoms with Crippen molar-refractivity contribution in [3.05, 3.63) is 46.8 Å². The number of nitrogens with one attached hydrogen (secondary N) is 2. The van der Waals surface area contributed by atoms with E-state index >= 15 is 0 Å². The quantitative estimate of drug-likeness (QED) is 0.615. The van der Waals surface area contributed by atoms with Crippen LogP contribution in [0.2, 0.25) is 0 Å². The van der Waals surface area contributed by atoms with Crippen LogP contribution in [0.1, 0.15) is 80.9 Å². The summed E-state index contributed by atoms with van der Waals surface area (Å²) in [5.74, 6) is 0.307. The number of anilines is 1. The molecule has 2 N–H and O–H groups in total. The lowest BCUT2D eigenvalue weighted by Crippen LogP contribution is -2.44. The topological polar surface area (TPSA) is 70.2 Å². The molecule has 170 valence electrons. The molecule has 1 aromatic carbocycles. The SMILES string of the molecule is CCc1[nH]nc(C(=O)Nc2ccc([C@@H]3C[C@H](N(CC)CC)C[C@H](C(C)C)O3)cc2)c1C. The lowest BCUT2D eigenvalue weighted by Gasteiger charge is -2.42. The zero-order valence-corrected chi connectivity index (χ0v) is 19.9. The van der Waals surface area contributed by atoms with Crippen LogP contribution in [0.15, 0.2) is 24.3 Å². The molecule has 2 aromatic rings. The minimum atomic E-state index is -0.184. The van der Waals surface area contributed by atoms with E-state index in [2.05, 4.69) is 60.2 Å². The van der Waals surface area contributed by atoms with Crippen molar-refractivity contribution >= 4 is 11.6 Å². The Morgan fingerprint density at radius 1 is 1.19 bits per heavy atom. The number of ether oxygens (including phenoxy) is 1. The summed E-state index contributed by atoms with van der Waals surface area (Å²) in [6, 6.07) is 8.62. The largest absolute Gasteiger partial charge is 0.370 e. The van der Waals surface area contributed by atoms with E-state index in [9.17, 15) is 4.79 Å². The normalized spacial score (nSPS) is 21.6. The minimum absolute atomic E-state index is 0.0807. The standard InChI is InChI=1S/C25H38N4O2/c1-7-21-17(6)24(28-27-21)25(30)26-19-12-10-18(11-13-19)23-15-20(29(8-2)9-3)14-22(31-23)16(4)5/h10-13,16,20,22-23H,7-9,14-15H2,1-6H3,(H,26,30)(H,27,28)/t20-,22-,23+/m1/s1. The summed E-state index contributed by atoms with van der Waals surface area (Å²) in [7, 11) is 0. The first kappa shape index (κ1) is 23.5. The molecule has 0 saturated carbocycles. The third kappa shape index (κ3) is 5.36. The highest BCUT2D eigenvalue weighted by atomic mass is 16.5. The third-order valence-corrected chi connectivity index (χ3v) is 6.62. The summed E-state index contributed by atoms with van der Waals surface area (Å²) < 4.78 is 6.50. The highest BCUT2D eigenvalue weighted by Gasteiger charge is 2.34. The molecule has 0 spiro atoms. The molecule has 1 saturated heterocycles. The van der Waals surface area contributed by atoms with Gasteiger partial charge in [-0.1, -0.05) is 46.8 Å². The van der Waals surface area contributed by atoms with Crippen LogP contribution in [0.3, 0.4) is 0 Å². The van der Waals surface area contributed by atoms with E-state index in [1.807, 2.05) is 26.0 Å². The molecule has 6 nitrogen and oxygen atoms in total. The number of hydrogen-bond donors (Lipinski definition) is 2. The van der Waals surface area contributed by atoms with Crippen LogP contribution in [0, 0.1) is 12.8 Å². The van der Waals surface area contributed by atoms with E-state index in [1.54, 1.807) is 0 Å². The first-order valence-electron chi connectivity index (χ1n) is 11.7. The molecule has 1 aliphatic heterocycles. The van der Waals surface area contributed by atoms with Crippen LogP contribution >= 0.6 is 0 Å². The number of rotatable bonds is 8. The molecule has 2 heterocycles. The van der Waals surface area contributed by atoms with Crippen molar-refractivity contribution in [1.82, 2.24) is 15.1 Å². The van der Waals surface area contributed by atoms with Gasteiger partial charge in [-0.2, -0.15) is 5.10 Å². The average Bonchev–Trinajstić information content (AvgIpc) is 3.15. The van der Waals surface area contributed by atoms with Crippen LogP contribution in [0.25, 0.3) is 0 Å².